The van der Waals surface area contributed by atoms with Gasteiger partial charge in [0.25, 0.3) is 0 Å². The van der Waals surface area contributed by atoms with Gasteiger partial charge in [0.05, 0.1) is 7.11 Å². The molecule has 5 heteroatoms. The molecule has 4 nitrogen and oxygen atoms in total. The fraction of sp³-hybridized carbons (Fsp3) is 0.571. The summed E-state index contributed by atoms with van der Waals surface area (Å²) in [4.78, 5) is 21.1. The van der Waals surface area contributed by atoms with Crippen LogP contribution in [0, 0.1) is 0 Å². The fourth-order valence-corrected chi connectivity index (χ4v) is 1.26. The number of allylic oxidation sites excluding steroid dienone is 1. The predicted octanol–water partition coefficient (Wildman–Crippen LogP) is 0.598. The Kier molecular flexibility index (Phi) is 4.71. The van der Waals surface area contributed by atoms with E-state index in [-0.39, 0.29) is 6.16 Å². The van der Waals surface area contributed by atoms with E-state index in [9.17, 15) is 14.3 Å². The highest BCUT2D eigenvalue weighted by Crippen LogP contribution is 2.16. The minimum Gasteiger partial charge on any atom is -0.595 e. The van der Waals surface area contributed by atoms with Gasteiger partial charge in [0.1, 0.15) is 0 Å². The normalized spacial score (nSPS) is 13.5. The molecule has 0 amide bonds. The first kappa shape index (κ1) is 11.3. The molecule has 0 saturated heterocycles. The Bertz CT molecular complexity index is 232. The second-order valence-electron chi connectivity index (χ2n) is 2.39. The molecule has 0 aromatic carbocycles. The number of carbonyl (C=O) groups excluding carboxylic acids is 1. The van der Waals surface area contributed by atoms with Crippen LogP contribution in [0.1, 0.15) is 13.8 Å². The quantitative estimate of drug-likeness (QED) is 0.371. The number of ether oxygens (including phenoxy) is 1. The van der Waals surface area contributed by atoms with Gasteiger partial charge in [0.2, 0.25) is 0 Å². The molecule has 0 rings (SSSR count). The van der Waals surface area contributed by atoms with E-state index < -0.39 is 14.0 Å². The Morgan fingerprint density at radius 3 is 2.33 bits per heavy atom. The molecule has 0 bridgehead atoms. The maximum Gasteiger partial charge on any atom is 0.333 e. The average Bonchev–Trinajstić information content (AvgIpc) is 2.00. The fourth-order valence-electron chi connectivity index (χ4n) is 0.640. The molecule has 0 spiro atoms. The van der Waals surface area contributed by atoms with Crippen molar-refractivity contribution in [3.63, 3.8) is 0 Å². The van der Waals surface area contributed by atoms with E-state index in [0.717, 1.165) is 0 Å². The summed E-state index contributed by atoms with van der Waals surface area (Å²) in [5.74, 6) is -0.482. The van der Waals surface area contributed by atoms with Gasteiger partial charge in [0, 0.05) is 5.57 Å². The second kappa shape index (κ2) is 5.01. The maximum atomic E-state index is 10.9. The van der Waals surface area contributed by atoms with Crippen LogP contribution in [0.4, 0.5) is 0 Å². The summed E-state index contributed by atoms with van der Waals surface area (Å²) in [6, 6.07) is 0. The summed E-state index contributed by atoms with van der Waals surface area (Å²) >= 11 is 0. The van der Waals surface area contributed by atoms with Gasteiger partial charge < -0.3 is 9.63 Å². The third kappa shape index (κ3) is 3.60. The number of rotatable bonds is 3. The molecular formula is C7H11O4P. The minimum atomic E-state index is -2.47. The van der Waals surface area contributed by atoms with Crippen molar-refractivity contribution in [2.75, 3.05) is 13.3 Å². The Balaban J connectivity index is 4.46. The van der Waals surface area contributed by atoms with Crippen molar-refractivity contribution in [2.45, 2.75) is 13.8 Å². The van der Waals surface area contributed by atoms with Crippen molar-refractivity contribution in [3.05, 3.63) is 11.1 Å². The number of esters is 1. The molecule has 1 unspecified atom stereocenters. The van der Waals surface area contributed by atoms with Crippen LogP contribution in [0.25, 0.3) is 0 Å². The summed E-state index contributed by atoms with van der Waals surface area (Å²) in [7, 11) is -1.21. The lowest BCUT2D eigenvalue weighted by Crippen LogP contribution is -2.06. The van der Waals surface area contributed by atoms with Crippen molar-refractivity contribution >= 4 is 14.0 Å². The van der Waals surface area contributed by atoms with Crippen LogP contribution < -0.4 is 4.89 Å². The molecule has 68 valence electrons. The van der Waals surface area contributed by atoms with E-state index >= 15 is 0 Å². The van der Waals surface area contributed by atoms with Crippen LogP contribution in [0.3, 0.4) is 0 Å². The Hall–Kier alpha value is -0.730. The standard InChI is InChI=1S/C7H11O4P/c1-5(4-12(9)10)6(2)7(8)11-3/h4H2,1-3H3. The zero-order valence-electron chi connectivity index (χ0n) is 7.29. The lowest BCUT2D eigenvalue weighted by molar-refractivity contribution is -0.163. The van der Waals surface area contributed by atoms with Crippen LogP contribution in [0.15, 0.2) is 11.1 Å². The van der Waals surface area contributed by atoms with Gasteiger partial charge in [-0.2, -0.15) is 0 Å². The zero-order chi connectivity index (χ0) is 9.72. The maximum absolute atomic E-state index is 10.9. The molecule has 0 aromatic heterocycles. The van der Waals surface area contributed by atoms with Gasteiger partial charge in [-0.1, -0.05) is 4.57 Å². The van der Waals surface area contributed by atoms with Crippen LogP contribution in [0.2, 0.25) is 0 Å². The molecule has 0 saturated carbocycles. The average molecular weight is 190 g/mol. The van der Waals surface area contributed by atoms with Crippen molar-refractivity contribution in [2.24, 2.45) is 0 Å². The summed E-state index contributed by atoms with van der Waals surface area (Å²) in [5.41, 5.74) is 0.884. The summed E-state index contributed by atoms with van der Waals surface area (Å²) in [5, 5.41) is 0. The Morgan fingerprint density at radius 2 is 2.00 bits per heavy atom. The number of methoxy groups -OCH3 is 1. The minimum absolute atomic E-state index is 0.0870. The number of hydrogen-bond acceptors (Lipinski definition) is 4. The first-order valence-electron chi connectivity index (χ1n) is 3.35. The zero-order valence-corrected chi connectivity index (χ0v) is 8.18. The Labute approximate surface area is 72.1 Å². The van der Waals surface area contributed by atoms with Crippen LogP contribution in [-0.2, 0) is 14.1 Å². The molecule has 0 N–H and O–H groups in total. The number of carbonyl (C=O) groups is 1. The summed E-state index contributed by atoms with van der Waals surface area (Å²) in [6.45, 7) is 3.14. The molecule has 0 radical (unpaired) electrons. The van der Waals surface area contributed by atoms with E-state index in [1.165, 1.54) is 7.11 Å². The van der Waals surface area contributed by atoms with Gasteiger partial charge in [0.15, 0.2) is 6.16 Å². The van der Waals surface area contributed by atoms with Gasteiger partial charge in [-0.05, 0) is 19.4 Å². The van der Waals surface area contributed by atoms with E-state index in [1.54, 1.807) is 13.8 Å². The molecular weight excluding hydrogens is 179 g/mol. The summed E-state index contributed by atoms with van der Waals surface area (Å²) < 4.78 is 14.7. The third-order valence-corrected chi connectivity index (χ3v) is 2.23. The highest BCUT2D eigenvalue weighted by Gasteiger charge is 2.11. The monoisotopic (exact) mass is 190 g/mol. The lowest BCUT2D eigenvalue weighted by atomic mass is 10.2. The molecule has 0 heterocycles. The van der Waals surface area contributed by atoms with Gasteiger partial charge in [-0.25, -0.2) is 4.79 Å². The van der Waals surface area contributed by atoms with E-state index in [2.05, 4.69) is 4.74 Å². The Morgan fingerprint density at radius 1 is 1.50 bits per heavy atom. The third-order valence-electron chi connectivity index (χ3n) is 1.50. The largest absolute Gasteiger partial charge is 0.595 e. The van der Waals surface area contributed by atoms with Crippen molar-refractivity contribution in [1.82, 2.24) is 0 Å². The summed E-state index contributed by atoms with van der Waals surface area (Å²) in [6.07, 6.45) is -0.0870. The van der Waals surface area contributed by atoms with Crippen LogP contribution in [0.5, 0.6) is 0 Å². The highest BCUT2D eigenvalue weighted by molar-refractivity contribution is 7.36. The number of hydrogen-bond donors (Lipinski definition) is 0. The SMILES string of the molecule is COC(=O)C(C)=C(C)C[P+](=O)[O-]. The predicted molar refractivity (Wildman–Crippen MR) is 42.9 cm³/mol. The van der Waals surface area contributed by atoms with E-state index in [1.807, 2.05) is 0 Å². The van der Waals surface area contributed by atoms with Crippen LogP contribution >= 0.6 is 8.03 Å². The van der Waals surface area contributed by atoms with Gasteiger partial charge in [-0.15, -0.1) is 0 Å². The van der Waals surface area contributed by atoms with Gasteiger partial charge in [-0.3, -0.25) is 0 Å². The highest BCUT2D eigenvalue weighted by atomic mass is 31.1. The van der Waals surface area contributed by atoms with Gasteiger partial charge >= 0.3 is 14.0 Å². The molecule has 1 atom stereocenters. The topological polar surface area (TPSA) is 66.4 Å². The first-order valence-corrected chi connectivity index (χ1v) is 4.71. The lowest BCUT2D eigenvalue weighted by Gasteiger charge is -2.01. The van der Waals surface area contributed by atoms with Crippen molar-refractivity contribution in [3.8, 4) is 0 Å². The molecule has 12 heavy (non-hydrogen) atoms. The first-order chi connectivity index (χ1) is 5.49. The molecule has 0 aliphatic carbocycles. The van der Waals surface area contributed by atoms with Crippen LogP contribution in [-0.4, -0.2) is 19.2 Å². The van der Waals surface area contributed by atoms with Crippen molar-refractivity contribution in [1.29, 1.82) is 0 Å². The second-order valence-corrected chi connectivity index (χ2v) is 3.37. The molecule has 0 aliphatic rings. The molecule has 0 aliphatic heterocycles. The molecule has 0 aromatic rings. The van der Waals surface area contributed by atoms with E-state index in [0.29, 0.717) is 11.1 Å². The molecule has 0 fully saturated rings. The van der Waals surface area contributed by atoms with Crippen molar-refractivity contribution < 1.29 is 19.0 Å². The smallest absolute Gasteiger partial charge is 0.333 e. The van der Waals surface area contributed by atoms with E-state index in [4.69, 9.17) is 0 Å².